The molecule has 1 heterocycles. The van der Waals surface area contributed by atoms with Gasteiger partial charge in [-0.3, -0.25) is 0 Å². The summed E-state index contributed by atoms with van der Waals surface area (Å²) in [5, 5.41) is 1.78. The highest BCUT2D eigenvalue weighted by atomic mass is 35.5. The number of fused-ring (bicyclic) bond motifs is 1. The Morgan fingerprint density at radius 2 is 1.76 bits per heavy atom. The lowest BCUT2D eigenvalue weighted by Crippen LogP contribution is -1.98. The molecule has 0 saturated carbocycles. The molecule has 0 unspecified atom stereocenters. The molecule has 0 radical (unpaired) electrons. The van der Waals surface area contributed by atoms with Gasteiger partial charge in [0.05, 0.1) is 5.52 Å². The second-order valence-corrected chi connectivity index (χ2v) is 5.39. The molecule has 2 nitrogen and oxygen atoms in total. The van der Waals surface area contributed by atoms with E-state index < -0.39 is 0 Å². The Morgan fingerprint density at radius 3 is 2.52 bits per heavy atom. The van der Waals surface area contributed by atoms with E-state index in [4.69, 9.17) is 27.9 Å². The lowest BCUT2D eigenvalue weighted by molar-refractivity contribution is 0.295. The first kappa shape index (κ1) is 14.2. The fourth-order valence-corrected chi connectivity index (χ4v) is 2.49. The first-order chi connectivity index (χ1) is 10.3. The van der Waals surface area contributed by atoms with E-state index in [2.05, 4.69) is 4.98 Å². The van der Waals surface area contributed by atoms with Crippen LogP contribution in [-0.2, 0) is 12.5 Å². The molecule has 0 amide bonds. The van der Waals surface area contributed by atoms with Crippen molar-refractivity contribution in [2.75, 3.05) is 0 Å². The summed E-state index contributed by atoms with van der Waals surface area (Å²) >= 11 is 11.9. The Kier molecular flexibility index (Phi) is 4.28. The molecule has 0 fully saturated rings. The van der Waals surface area contributed by atoms with E-state index in [0.717, 1.165) is 22.0 Å². The number of hydrogen-bond donors (Lipinski definition) is 0. The topological polar surface area (TPSA) is 22.1 Å². The predicted molar refractivity (Wildman–Crippen MR) is 87.1 cm³/mol. The van der Waals surface area contributed by atoms with Crippen LogP contribution in [0.3, 0.4) is 0 Å². The summed E-state index contributed by atoms with van der Waals surface area (Å²) < 4.78 is 5.77. The van der Waals surface area contributed by atoms with Gasteiger partial charge in [-0.15, -0.1) is 11.6 Å². The Labute approximate surface area is 133 Å². The molecule has 106 valence electrons. The van der Waals surface area contributed by atoms with Gasteiger partial charge in [0.2, 0.25) is 5.88 Å². The number of rotatable bonds is 4. The van der Waals surface area contributed by atoms with E-state index in [-0.39, 0.29) is 0 Å². The van der Waals surface area contributed by atoms with E-state index >= 15 is 0 Å². The zero-order valence-electron chi connectivity index (χ0n) is 11.2. The normalized spacial score (nSPS) is 10.8. The third-order valence-electron chi connectivity index (χ3n) is 3.22. The van der Waals surface area contributed by atoms with Gasteiger partial charge in [0.1, 0.15) is 6.61 Å². The highest BCUT2D eigenvalue weighted by molar-refractivity contribution is 6.30. The van der Waals surface area contributed by atoms with Crippen molar-refractivity contribution in [2.24, 2.45) is 0 Å². The van der Waals surface area contributed by atoms with Crippen molar-refractivity contribution in [2.45, 2.75) is 12.5 Å². The van der Waals surface area contributed by atoms with E-state index in [1.807, 2.05) is 54.6 Å². The zero-order valence-corrected chi connectivity index (χ0v) is 12.7. The van der Waals surface area contributed by atoms with Crippen molar-refractivity contribution < 1.29 is 4.74 Å². The third kappa shape index (κ3) is 3.29. The van der Waals surface area contributed by atoms with Gasteiger partial charge in [0.25, 0.3) is 0 Å². The molecule has 2 aromatic carbocycles. The van der Waals surface area contributed by atoms with Crippen molar-refractivity contribution in [1.82, 2.24) is 4.98 Å². The molecule has 0 aliphatic heterocycles. The average molecular weight is 318 g/mol. The number of para-hydroxylation sites is 1. The predicted octanol–water partition coefficient (Wildman–Crippen LogP) is 5.21. The van der Waals surface area contributed by atoms with Crippen molar-refractivity contribution in [3.8, 4) is 5.88 Å². The number of hydrogen-bond acceptors (Lipinski definition) is 2. The largest absolute Gasteiger partial charge is 0.473 e. The van der Waals surface area contributed by atoms with Gasteiger partial charge in [-0.05, 0) is 29.3 Å². The molecule has 0 N–H and O–H groups in total. The SMILES string of the molecule is ClCc1cc(OCc2ccc(Cl)cc2)nc2ccccc12. The van der Waals surface area contributed by atoms with Gasteiger partial charge in [-0.1, -0.05) is 41.9 Å². The number of benzene rings is 2. The summed E-state index contributed by atoms with van der Waals surface area (Å²) in [7, 11) is 0. The summed E-state index contributed by atoms with van der Waals surface area (Å²) in [6.07, 6.45) is 0. The molecule has 0 spiro atoms. The van der Waals surface area contributed by atoms with Gasteiger partial charge in [0, 0.05) is 22.4 Å². The van der Waals surface area contributed by atoms with Crippen LogP contribution in [-0.4, -0.2) is 4.98 Å². The quantitative estimate of drug-likeness (QED) is 0.616. The highest BCUT2D eigenvalue weighted by Gasteiger charge is 2.06. The second kappa shape index (κ2) is 6.33. The van der Waals surface area contributed by atoms with E-state index in [0.29, 0.717) is 23.4 Å². The average Bonchev–Trinajstić information content (AvgIpc) is 2.53. The maximum atomic E-state index is 6.01. The smallest absolute Gasteiger partial charge is 0.214 e. The summed E-state index contributed by atoms with van der Waals surface area (Å²) in [5.74, 6) is 1.01. The van der Waals surface area contributed by atoms with Crippen LogP contribution < -0.4 is 4.74 Å². The Morgan fingerprint density at radius 1 is 1.00 bits per heavy atom. The molecular weight excluding hydrogens is 305 g/mol. The molecule has 0 atom stereocenters. The molecular formula is C17H13Cl2NO. The van der Waals surface area contributed by atoms with Gasteiger partial charge < -0.3 is 4.74 Å². The van der Waals surface area contributed by atoms with Crippen LogP contribution >= 0.6 is 23.2 Å². The summed E-state index contributed by atoms with van der Waals surface area (Å²) in [4.78, 5) is 4.51. The monoisotopic (exact) mass is 317 g/mol. The summed E-state index contributed by atoms with van der Waals surface area (Å²) in [6, 6.07) is 17.4. The number of halogens is 2. The first-order valence-electron chi connectivity index (χ1n) is 6.58. The van der Waals surface area contributed by atoms with Gasteiger partial charge in [-0.2, -0.15) is 0 Å². The van der Waals surface area contributed by atoms with Crippen LogP contribution in [0, 0.1) is 0 Å². The van der Waals surface area contributed by atoms with Crippen LogP contribution in [0.5, 0.6) is 5.88 Å². The zero-order chi connectivity index (χ0) is 14.7. The van der Waals surface area contributed by atoms with Crippen LogP contribution in [0.15, 0.2) is 54.6 Å². The maximum absolute atomic E-state index is 6.01. The van der Waals surface area contributed by atoms with Crippen molar-refractivity contribution >= 4 is 34.1 Å². The summed E-state index contributed by atoms with van der Waals surface area (Å²) in [6.45, 7) is 0.449. The number of nitrogens with zero attached hydrogens (tertiary/aromatic N) is 1. The van der Waals surface area contributed by atoms with E-state index in [9.17, 15) is 0 Å². The van der Waals surface area contributed by atoms with Crippen LogP contribution in [0.25, 0.3) is 10.9 Å². The molecule has 21 heavy (non-hydrogen) atoms. The standard InChI is InChI=1S/C17H13Cl2NO/c18-10-13-9-17(20-16-4-2-1-3-15(13)16)21-11-12-5-7-14(19)8-6-12/h1-9H,10-11H2. The number of ether oxygens (including phenoxy) is 1. The van der Waals surface area contributed by atoms with Crippen LogP contribution in [0.4, 0.5) is 0 Å². The Hall–Kier alpha value is -1.77. The lowest BCUT2D eigenvalue weighted by atomic mass is 10.1. The number of aromatic nitrogens is 1. The Balaban J connectivity index is 1.85. The highest BCUT2D eigenvalue weighted by Crippen LogP contribution is 2.24. The molecule has 0 aliphatic carbocycles. The Bertz CT molecular complexity index is 756. The van der Waals surface area contributed by atoms with Crippen LogP contribution in [0.1, 0.15) is 11.1 Å². The molecule has 0 aliphatic rings. The molecule has 3 aromatic rings. The molecule has 0 saturated heterocycles. The first-order valence-corrected chi connectivity index (χ1v) is 7.49. The minimum Gasteiger partial charge on any atom is -0.473 e. The fourth-order valence-electron chi connectivity index (χ4n) is 2.14. The minimum absolute atomic E-state index is 0.431. The van der Waals surface area contributed by atoms with Crippen molar-refractivity contribution in [3.05, 3.63) is 70.7 Å². The lowest BCUT2D eigenvalue weighted by Gasteiger charge is -2.09. The van der Waals surface area contributed by atoms with Gasteiger partial charge in [-0.25, -0.2) is 4.98 Å². The van der Waals surface area contributed by atoms with Crippen LogP contribution in [0.2, 0.25) is 5.02 Å². The fraction of sp³-hybridized carbons (Fsp3) is 0.118. The second-order valence-electron chi connectivity index (χ2n) is 4.69. The number of pyridine rings is 1. The van der Waals surface area contributed by atoms with Crippen molar-refractivity contribution in [3.63, 3.8) is 0 Å². The molecule has 3 rings (SSSR count). The van der Waals surface area contributed by atoms with Crippen molar-refractivity contribution in [1.29, 1.82) is 0 Å². The van der Waals surface area contributed by atoms with Gasteiger partial charge in [0.15, 0.2) is 0 Å². The van der Waals surface area contributed by atoms with Gasteiger partial charge >= 0.3 is 0 Å². The minimum atomic E-state index is 0.431. The summed E-state index contributed by atoms with van der Waals surface area (Å²) in [5.41, 5.74) is 2.96. The third-order valence-corrected chi connectivity index (χ3v) is 3.76. The molecule has 4 heteroatoms. The molecule has 1 aromatic heterocycles. The maximum Gasteiger partial charge on any atom is 0.214 e. The van der Waals surface area contributed by atoms with E-state index in [1.54, 1.807) is 0 Å². The number of alkyl halides is 1. The molecule has 0 bridgehead atoms. The van der Waals surface area contributed by atoms with E-state index in [1.165, 1.54) is 0 Å².